The topological polar surface area (TPSA) is 0 Å². The summed E-state index contributed by atoms with van der Waals surface area (Å²) in [5.41, 5.74) is 1.91. The first kappa shape index (κ1) is 12.3. The maximum atomic E-state index is 2.44. The van der Waals surface area contributed by atoms with Gasteiger partial charge in [0, 0.05) is 10.00 Å². The van der Waals surface area contributed by atoms with E-state index in [4.69, 9.17) is 0 Å². The third kappa shape index (κ3) is 2.94. The third-order valence-corrected chi connectivity index (χ3v) is 5.68. The predicted molar refractivity (Wildman–Crippen MR) is 74.9 cm³/mol. The number of allylic oxidation sites excluding steroid dienone is 4. The van der Waals surface area contributed by atoms with Crippen molar-refractivity contribution in [1.82, 2.24) is 0 Å². The second-order valence-electron chi connectivity index (χ2n) is 6.31. The minimum atomic E-state index is 0.330. The monoisotopic (exact) mass is 236 g/mol. The molecule has 2 atom stereocenters. The van der Waals surface area contributed by atoms with E-state index in [0.717, 1.165) is 5.25 Å². The average Bonchev–Trinajstić information content (AvgIpc) is 2.82. The lowest BCUT2D eigenvalue weighted by atomic mass is 9.87. The fraction of sp³-hybridized carbons (Fsp3) is 0.733. The number of fused-ring (bicyclic) bond motifs is 1. The van der Waals surface area contributed by atoms with Crippen LogP contribution in [0.1, 0.15) is 53.4 Å². The van der Waals surface area contributed by atoms with E-state index in [1.165, 1.54) is 25.7 Å². The molecule has 0 bridgehead atoms. The minimum Gasteiger partial charge on any atom is -0.149 e. The molecule has 1 aliphatic carbocycles. The van der Waals surface area contributed by atoms with Crippen LogP contribution in [0, 0.1) is 5.41 Å². The standard InChI is InChI=1S/C15H24S/c1-12-6-7-13-15(4,16-13)10-5-9-14(2,3)11-8-12/h5,8-9,13H,6-7,10-11H2,1-4H3. The van der Waals surface area contributed by atoms with Gasteiger partial charge in [0.1, 0.15) is 0 Å². The van der Waals surface area contributed by atoms with Crippen LogP contribution in [0.4, 0.5) is 0 Å². The van der Waals surface area contributed by atoms with Gasteiger partial charge in [0.2, 0.25) is 0 Å². The maximum Gasteiger partial charge on any atom is 0.0288 e. The number of hydrogen-bond donors (Lipinski definition) is 0. The summed E-state index contributed by atoms with van der Waals surface area (Å²) < 4.78 is 0.553. The Kier molecular flexibility index (Phi) is 3.27. The van der Waals surface area contributed by atoms with Crippen LogP contribution in [0.5, 0.6) is 0 Å². The first-order valence-electron chi connectivity index (χ1n) is 6.42. The van der Waals surface area contributed by atoms with Gasteiger partial charge in [-0.15, -0.1) is 11.8 Å². The van der Waals surface area contributed by atoms with E-state index in [-0.39, 0.29) is 0 Å². The molecule has 0 spiro atoms. The highest BCUT2D eigenvalue weighted by Crippen LogP contribution is 2.58. The maximum absolute atomic E-state index is 2.44. The van der Waals surface area contributed by atoms with Crippen LogP contribution < -0.4 is 0 Å². The summed E-state index contributed by atoms with van der Waals surface area (Å²) in [7, 11) is 0. The van der Waals surface area contributed by atoms with E-state index in [1.807, 2.05) is 0 Å². The second-order valence-corrected chi connectivity index (χ2v) is 8.04. The van der Waals surface area contributed by atoms with E-state index >= 15 is 0 Å². The zero-order chi connectivity index (χ0) is 11.8. The van der Waals surface area contributed by atoms with E-state index < -0.39 is 0 Å². The highest BCUT2D eigenvalue weighted by atomic mass is 32.2. The second kappa shape index (κ2) is 4.25. The highest BCUT2D eigenvalue weighted by molar-refractivity contribution is 8.08. The summed E-state index contributed by atoms with van der Waals surface area (Å²) >= 11 is 2.18. The summed E-state index contributed by atoms with van der Waals surface area (Å²) in [5, 5.41) is 0.904. The lowest BCUT2D eigenvalue weighted by Gasteiger charge is -2.18. The zero-order valence-corrected chi connectivity index (χ0v) is 11.9. The molecule has 2 rings (SSSR count). The van der Waals surface area contributed by atoms with Crippen molar-refractivity contribution >= 4 is 11.8 Å². The lowest BCUT2D eigenvalue weighted by molar-refractivity contribution is 0.485. The Bertz CT molecular complexity index is 324. The molecule has 0 N–H and O–H groups in total. The van der Waals surface area contributed by atoms with Crippen LogP contribution >= 0.6 is 11.8 Å². The van der Waals surface area contributed by atoms with Gasteiger partial charge < -0.3 is 0 Å². The van der Waals surface area contributed by atoms with Gasteiger partial charge >= 0.3 is 0 Å². The Balaban J connectivity index is 2.11. The molecule has 90 valence electrons. The smallest absolute Gasteiger partial charge is 0.0288 e. The van der Waals surface area contributed by atoms with Crippen molar-refractivity contribution < 1.29 is 0 Å². The Morgan fingerprint density at radius 2 is 2.00 bits per heavy atom. The Morgan fingerprint density at radius 1 is 1.25 bits per heavy atom. The van der Waals surface area contributed by atoms with Gasteiger partial charge in [-0.3, -0.25) is 0 Å². The molecule has 1 fully saturated rings. The minimum absolute atomic E-state index is 0.330. The molecule has 1 aliphatic heterocycles. The van der Waals surface area contributed by atoms with Crippen molar-refractivity contribution in [3.8, 4) is 0 Å². The van der Waals surface area contributed by atoms with Crippen LogP contribution in [0.3, 0.4) is 0 Å². The van der Waals surface area contributed by atoms with Crippen molar-refractivity contribution in [2.45, 2.75) is 63.4 Å². The fourth-order valence-corrected chi connectivity index (χ4v) is 3.64. The van der Waals surface area contributed by atoms with Crippen LogP contribution in [0.25, 0.3) is 0 Å². The van der Waals surface area contributed by atoms with Crippen LogP contribution in [0.15, 0.2) is 23.8 Å². The molecule has 0 nitrogen and oxygen atoms in total. The van der Waals surface area contributed by atoms with E-state index in [2.05, 4.69) is 57.7 Å². The van der Waals surface area contributed by atoms with Gasteiger partial charge in [-0.25, -0.2) is 0 Å². The van der Waals surface area contributed by atoms with Gasteiger partial charge in [-0.05, 0) is 44.9 Å². The molecule has 0 saturated carbocycles. The molecule has 0 amide bonds. The molecule has 0 aromatic heterocycles. The van der Waals surface area contributed by atoms with Crippen LogP contribution in [0.2, 0.25) is 0 Å². The quantitative estimate of drug-likeness (QED) is 0.423. The van der Waals surface area contributed by atoms with E-state index in [0.29, 0.717) is 10.2 Å². The molecule has 0 radical (unpaired) electrons. The van der Waals surface area contributed by atoms with Crippen LogP contribution in [-0.4, -0.2) is 10.00 Å². The Morgan fingerprint density at radius 3 is 2.75 bits per heavy atom. The molecule has 1 heteroatoms. The number of rotatable bonds is 0. The van der Waals surface area contributed by atoms with Gasteiger partial charge in [-0.2, -0.15) is 0 Å². The molecular weight excluding hydrogens is 212 g/mol. The summed E-state index contributed by atoms with van der Waals surface area (Å²) in [5.74, 6) is 0. The Labute approximate surface area is 105 Å². The molecule has 1 saturated heterocycles. The van der Waals surface area contributed by atoms with Crippen molar-refractivity contribution in [3.05, 3.63) is 23.8 Å². The molecule has 2 aliphatic rings. The average molecular weight is 236 g/mol. The van der Waals surface area contributed by atoms with Gasteiger partial charge in [-0.1, -0.05) is 37.6 Å². The lowest BCUT2D eigenvalue weighted by Crippen LogP contribution is -2.09. The molecular formula is C15H24S. The highest BCUT2D eigenvalue weighted by Gasteiger charge is 2.49. The summed E-state index contributed by atoms with van der Waals surface area (Å²) in [6, 6.07) is 0. The summed E-state index contributed by atoms with van der Waals surface area (Å²) in [4.78, 5) is 0. The molecule has 16 heavy (non-hydrogen) atoms. The third-order valence-electron chi connectivity index (χ3n) is 3.91. The fourth-order valence-electron chi connectivity index (χ4n) is 2.41. The van der Waals surface area contributed by atoms with Crippen LogP contribution in [-0.2, 0) is 0 Å². The van der Waals surface area contributed by atoms with Crippen molar-refractivity contribution in [2.24, 2.45) is 5.41 Å². The normalized spacial score (nSPS) is 38.2. The van der Waals surface area contributed by atoms with Gasteiger partial charge in [0.15, 0.2) is 0 Å². The molecule has 0 aromatic rings. The molecule has 1 heterocycles. The van der Waals surface area contributed by atoms with Gasteiger partial charge in [0.05, 0.1) is 0 Å². The SMILES string of the molecule is CC1=CCC(C)(C)C=CCC2(C)SC2CC1. The van der Waals surface area contributed by atoms with Gasteiger partial charge in [0.25, 0.3) is 0 Å². The zero-order valence-electron chi connectivity index (χ0n) is 11.0. The predicted octanol–water partition coefficient (Wildman–Crippen LogP) is 4.96. The largest absolute Gasteiger partial charge is 0.149 e. The molecule has 2 unspecified atom stereocenters. The first-order chi connectivity index (χ1) is 7.41. The summed E-state index contributed by atoms with van der Waals surface area (Å²) in [6.45, 7) is 9.40. The number of hydrogen-bond acceptors (Lipinski definition) is 1. The Hall–Kier alpha value is -0.170. The van der Waals surface area contributed by atoms with E-state index in [9.17, 15) is 0 Å². The first-order valence-corrected chi connectivity index (χ1v) is 7.30. The summed E-state index contributed by atoms with van der Waals surface area (Å²) in [6.07, 6.45) is 12.4. The van der Waals surface area contributed by atoms with Crippen molar-refractivity contribution in [3.63, 3.8) is 0 Å². The van der Waals surface area contributed by atoms with E-state index in [1.54, 1.807) is 5.57 Å². The molecule has 0 aromatic carbocycles. The van der Waals surface area contributed by atoms with Crippen molar-refractivity contribution in [2.75, 3.05) is 0 Å². The number of thioether (sulfide) groups is 1. The van der Waals surface area contributed by atoms with Crippen molar-refractivity contribution in [1.29, 1.82) is 0 Å².